The molecule has 614 valence electrons. The van der Waals surface area contributed by atoms with Crippen molar-refractivity contribution in [2.45, 2.75) is 6.04 Å². The molecule has 0 amide bonds. The summed E-state index contributed by atoms with van der Waals surface area (Å²) in [7, 11) is 0. The minimum Gasteiger partial charge on any atom is -0.455 e. The lowest BCUT2D eigenvalue weighted by molar-refractivity contribution is 0.669. The summed E-state index contributed by atoms with van der Waals surface area (Å²) in [5.74, 6) is 5.71. The van der Waals surface area contributed by atoms with E-state index in [0.717, 1.165) is 111 Å². The number of fused-ring (bicyclic) bond motifs is 14. The fraction of sp³-hybridized carbons (Fsp3) is 0.00855. The van der Waals surface area contributed by atoms with Gasteiger partial charge in [0.05, 0.1) is 43.9 Å². The molecule has 8 heterocycles. The number of allylic oxidation sites excluding steroid dienone is 2. The lowest BCUT2D eigenvalue weighted by Gasteiger charge is -2.13. The van der Waals surface area contributed by atoms with Crippen LogP contribution in [0.1, 0.15) is 0 Å². The van der Waals surface area contributed by atoms with Gasteiger partial charge < -0.3 is 18.1 Å². The molecule has 1 atom stereocenters. The number of benzene rings is 17. The molecule has 1 aliphatic carbocycles. The number of nitrogens with zero attached hydrogens (tertiary/aromatic N) is 13. The van der Waals surface area contributed by atoms with E-state index in [9.17, 15) is 0 Å². The van der Waals surface area contributed by atoms with Crippen LogP contribution in [-0.4, -0.2) is 64.6 Å². The zero-order chi connectivity index (χ0) is 86.7. The minimum absolute atomic E-state index is 0.0824. The van der Waals surface area contributed by atoms with Crippen molar-refractivity contribution in [3.63, 3.8) is 0 Å². The standard InChI is InChI=1S/C45H29N5.C39H25N4O.C33H22N4/c1-4-14-30(15-5-1)43-46-44(31-16-6-2-7-17-31)48-45(47-43)32-24-26-37-38-27-25-34(29-42(38)49(41(37)28-32)33-18-8-3-9-19-33)50-39-22-12-10-20-35(39)36-21-11-13-23-40(36)50;1-3-13-25(14-4-1)37-40-38(26-15-5-2-6-16-26)42-39(41-37)32-24-27(23-31-30-19-9-12-22-35(30)44-36(31)32)43-33-20-10-7-17-28(33)29-18-8-11-21-34(29)43;1-4-12-23(13-5-1)31-34-32(24-14-6-2-7-15-24)36-33(35-31)25-20-21-28-27-18-10-11-19-29(27)37(30(28)22-25)26-16-8-3-9-17-26/h1-29H;1-24,33H;1-22H/q;+1;. The molecule has 0 N–H and O–H groups in total. The van der Waals surface area contributed by atoms with Crippen molar-refractivity contribution in [1.82, 2.24) is 63.1 Å². The Bertz CT molecular complexity index is 8540. The summed E-state index contributed by atoms with van der Waals surface area (Å²) in [4.78, 5) is 44.8. The van der Waals surface area contributed by atoms with Gasteiger partial charge in [0.15, 0.2) is 52.4 Å². The Morgan fingerprint density at radius 3 is 0.992 bits per heavy atom. The van der Waals surface area contributed by atoms with E-state index in [1.165, 1.54) is 65.0 Å². The van der Waals surface area contributed by atoms with Crippen LogP contribution in [0.4, 0.5) is 5.69 Å². The normalized spacial score (nSPS) is 12.7. The highest BCUT2D eigenvalue weighted by molar-refractivity contribution is 6.14. The summed E-state index contributed by atoms with van der Waals surface area (Å²) >= 11 is 0. The SMILES string of the molecule is C1=CC2=c3ccccc3=[N+](c3cc(-c4nc(-c5ccccc5)nc(-c5ccccc5)n4)c4oc5ccccc5c4c3)C2C=C1.c1ccc(-c2nc(-c3ccccc3)nc(-c3ccc4c5ccc(-n6c7ccccc7c7ccccc76)cc5n(-c5ccccc5)c4c3)n2)cc1.c1ccc(-c2nc(-c3ccccc3)nc(-c3ccc4c5ccccc5n(-c5ccccc5)c4c3)n2)cc1. The minimum atomic E-state index is 0.0824. The molecule has 14 nitrogen and oxygen atoms in total. The van der Waals surface area contributed by atoms with E-state index in [2.05, 4.69) is 273 Å². The van der Waals surface area contributed by atoms with Crippen LogP contribution < -0.4 is 15.2 Å². The zero-order valence-electron chi connectivity index (χ0n) is 70.6. The molecule has 0 radical (unpaired) electrons. The number of aromatic nitrogens is 12. The Kier molecular flexibility index (Phi) is 19.3. The maximum absolute atomic E-state index is 6.57. The van der Waals surface area contributed by atoms with E-state index in [0.29, 0.717) is 52.4 Å². The Morgan fingerprint density at radius 2 is 0.557 bits per heavy atom. The molecule has 14 heteroatoms. The predicted molar refractivity (Wildman–Crippen MR) is 531 cm³/mol. The Balaban J connectivity index is 0.000000110. The molecule has 1 unspecified atom stereocenters. The number of hydrogen-bond acceptors (Lipinski definition) is 10. The fourth-order valence-electron chi connectivity index (χ4n) is 18.6. The molecule has 0 saturated heterocycles. The average molecular weight is 1680 g/mol. The van der Waals surface area contributed by atoms with Gasteiger partial charge in [-0.15, -0.1) is 0 Å². The summed E-state index contributed by atoms with van der Waals surface area (Å²) in [5.41, 5.74) is 22.5. The lowest BCUT2D eigenvalue weighted by Crippen LogP contribution is -2.33. The first-order chi connectivity index (χ1) is 65.0. The van der Waals surface area contributed by atoms with E-state index in [-0.39, 0.29) is 6.04 Å². The molecule has 0 saturated carbocycles. The van der Waals surface area contributed by atoms with Crippen molar-refractivity contribution in [2.75, 3.05) is 0 Å². The molecule has 131 heavy (non-hydrogen) atoms. The van der Waals surface area contributed by atoms with Crippen LogP contribution in [0.2, 0.25) is 0 Å². The van der Waals surface area contributed by atoms with Gasteiger partial charge in [0, 0.05) is 128 Å². The summed E-state index contributed by atoms with van der Waals surface area (Å²) in [6.07, 6.45) is 8.73. The van der Waals surface area contributed by atoms with E-state index in [4.69, 9.17) is 49.3 Å². The van der Waals surface area contributed by atoms with Crippen molar-refractivity contribution in [3.8, 4) is 120 Å². The smallest absolute Gasteiger partial charge is 0.214 e. The number of hydrogen-bond donors (Lipinski definition) is 0. The molecule has 24 aromatic rings. The number of rotatable bonds is 13. The van der Waals surface area contributed by atoms with Gasteiger partial charge in [0.1, 0.15) is 11.2 Å². The highest BCUT2D eigenvalue weighted by Crippen LogP contribution is 2.44. The van der Waals surface area contributed by atoms with Gasteiger partial charge >= 0.3 is 0 Å². The molecular formula is C117H76N13O+. The number of furan rings is 1. The molecule has 0 fully saturated rings. The Morgan fingerprint density at radius 1 is 0.229 bits per heavy atom. The molecule has 7 aromatic heterocycles. The van der Waals surface area contributed by atoms with E-state index in [1.54, 1.807) is 0 Å². The zero-order valence-corrected chi connectivity index (χ0v) is 70.6. The largest absolute Gasteiger partial charge is 0.455 e. The molecule has 0 bridgehead atoms. The van der Waals surface area contributed by atoms with Gasteiger partial charge in [-0.2, -0.15) is 4.58 Å². The summed E-state index contributed by atoms with van der Waals surface area (Å²) in [6, 6.07) is 149. The molecule has 26 rings (SSSR count). The van der Waals surface area contributed by atoms with Crippen LogP contribution in [0.3, 0.4) is 0 Å². The van der Waals surface area contributed by atoms with Crippen LogP contribution in [0.5, 0.6) is 0 Å². The maximum atomic E-state index is 6.57. The molecule has 17 aromatic carbocycles. The molecule has 1 aliphatic heterocycles. The third kappa shape index (κ3) is 14.0. The summed E-state index contributed by atoms with van der Waals surface area (Å²) < 4.78 is 16.0. The van der Waals surface area contributed by atoms with Gasteiger partial charge in [0.2, 0.25) is 17.1 Å². The van der Waals surface area contributed by atoms with Crippen LogP contribution >= 0.6 is 0 Å². The quantitative estimate of drug-likeness (QED) is 0.102. The van der Waals surface area contributed by atoms with Crippen LogP contribution in [0.15, 0.2) is 459 Å². The second kappa shape index (κ2) is 32.9. The predicted octanol–water partition coefficient (Wildman–Crippen LogP) is 26.3. The first-order valence-corrected chi connectivity index (χ1v) is 43.9. The van der Waals surface area contributed by atoms with Crippen molar-refractivity contribution in [1.29, 1.82) is 0 Å². The molecule has 2 aliphatic rings. The monoisotopic (exact) mass is 1680 g/mol. The molecule has 0 spiro atoms. The lowest BCUT2D eigenvalue weighted by atomic mass is 10.0. The summed E-state index contributed by atoms with van der Waals surface area (Å²) in [5, 5.41) is 11.8. The van der Waals surface area contributed by atoms with Gasteiger partial charge in [-0.3, -0.25) is 0 Å². The third-order valence-corrected chi connectivity index (χ3v) is 24.6. The van der Waals surface area contributed by atoms with Crippen molar-refractivity contribution >= 4 is 98.6 Å². The van der Waals surface area contributed by atoms with E-state index in [1.807, 2.05) is 200 Å². The van der Waals surface area contributed by atoms with E-state index < -0.39 is 0 Å². The van der Waals surface area contributed by atoms with Crippen LogP contribution in [0, 0.1) is 0 Å². The highest BCUT2D eigenvalue weighted by atomic mass is 16.3. The highest BCUT2D eigenvalue weighted by Gasteiger charge is 2.35. The third-order valence-electron chi connectivity index (χ3n) is 24.6. The van der Waals surface area contributed by atoms with Gasteiger partial charge in [-0.25, -0.2) is 44.9 Å². The second-order valence-corrected chi connectivity index (χ2v) is 32.5. The van der Waals surface area contributed by atoms with Gasteiger partial charge in [-0.1, -0.05) is 352 Å². The Labute approximate surface area is 752 Å². The Hall–Kier alpha value is -17.9. The fourth-order valence-corrected chi connectivity index (χ4v) is 18.6. The van der Waals surface area contributed by atoms with E-state index >= 15 is 0 Å². The molecular weight excluding hydrogens is 1600 g/mol. The average Bonchev–Trinajstić information content (AvgIpc) is 1.57. The van der Waals surface area contributed by atoms with Crippen molar-refractivity contribution in [2.24, 2.45) is 0 Å². The summed E-state index contributed by atoms with van der Waals surface area (Å²) in [6.45, 7) is 0. The maximum Gasteiger partial charge on any atom is 0.214 e. The van der Waals surface area contributed by atoms with Crippen LogP contribution in [-0.2, 0) is 0 Å². The second-order valence-electron chi connectivity index (χ2n) is 32.5. The topological polar surface area (TPSA) is 147 Å². The van der Waals surface area contributed by atoms with Crippen molar-refractivity contribution in [3.05, 3.63) is 466 Å². The first kappa shape index (κ1) is 76.7. The van der Waals surface area contributed by atoms with Gasteiger partial charge in [-0.05, 0) is 84.9 Å². The van der Waals surface area contributed by atoms with Gasteiger partial charge in [0.25, 0.3) is 0 Å². The number of para-hydroxylation sites is 7. The van der Waals surface area contributed by atoms with Crippen molar-refractivity contribution < 1.29 is 4.42 Å². The van der Waals surface area contributed by atoms with Crippen LogP contribution in [0.25, 0.3) is 212 Å². The first-order valence-electron chi connectivity index (χ1n) is 43.9.